The molecule has 0 N–H and O–H groups in total. The van der Waals surface area contributed by atoms with Crippen molar-refractivity contribution in [2.75, 3.05) is 18.7 Å². The van der Waals surface area contributed by atoms with Gasteiger partial charge in [-0.3, -0.25) is 15.1 Å². The van der Waals surface area contributed by atoms with Crippen molar-refractivity contribution in [1.82, 2.24) is 5.01 Å². The number of nitro groups is 1. The number of benzene rings is 1. The molecule has 0 aliphatic carbocycles. The summed E-state index contributed by atoms with van der Waals surface area (Å²) >= 11 is 0. The zero-order valence-electron chi connectivity index (χ0n) is 8.37. The highest BCUT2D eigenvalue weighted by Gasteiger charge is 2.18. The van der Waals surface area contributed by atoms with Gasteiger partial charge in [0.1, 0.15) is 12.5 Å². The van der Waals surface area contributed by atoms with Crippen LogP contribution in [0.4, 0.5) is 15.8 Å². The van der Waals surface area contributed by atoms with E-state index in [9.17, 15) is 14.5 Å². The molecule has 0 bridgehead atoms. The Balaban J connectivity index is 2.34. The van der Waals surface area contributed by atoms with Crippen LogP contribution in [0.3, 0.4) is 0 Å². The number of hydrogen-bond acceptors (Lipinski definition) is 6. The van der Waals surface area contributed by atoms with E-state index in [1.54, 1.807) is 7.05 Å². The number of nitrogens with zero attached hydrogens (tertiary/aromatic N) is 5. The van der Waals surface area contributed by atoms with E-state index in [0.717, 1.165) is 6.07 Å². The minimum Gasteiger partial charge on any atom is -0.258 e. The van der Waals surface area contributed by atoms with Gasteiger partial charge in [0.05, 0.1) is 16.7 Å². The van der Waals surface area contributed by atoms with Crippen LogP contribution in [-0.2, 0) is 0 Å². The summed E-state index contributed by atoms with van der Waals surface area (Å²) in [6, 6.07) is 3.28. The summed E-state index contributed by atoms with van der Waals surface area (Å²) in [7, 11) is 1.69. The molecule has 0 spiro atoms. The number of non-ortho nitro benzene ring substituents is 1. The van der Waals surface area contributed by atoms with Crippen LogP contribution in [0.2, 0.25) is 0 Å². The van der Waals surface area contributed by atoms with Gasteiger partial charge in [-0.05, 0) is 11.3 Å². The lowest BCUT2D eigenvalue weighted by Crippen LogP contribution is -2.21. The highest BCUT2D eigenvalue weighted by atomic mass is 19.1. The minimum absolute atomic E-state index is 0.305. The molecular weight excluding hydrogens is 217 g/mol. The maximum Gasteiger partial charge on any atom is 0.274 e. The van der Waals surface area contributed by atoms with Gasteiger partial charge in [-0.15, -0.1) is 0 Å². The molecule has 2 rings (SSSR count). The van der Waals surface area contributed by atoms with Crippen molar-refractivity contribution in [3.8, 4) is 0 Å². The first kappa shape index (κ1) is 10.3. The quantitative estimate of drug-likeness (QED) is 0.567. The summed E-state index contributed by atoms with van der Waals surface area (Å²) in [5, 5.41) is 20.8. The van der Waals surface area contributed by atoms with Crippen LogP contribution in [-0.4, -0.2) is 23.6 Å². The molecule has 1 aliphatic heterocycles. The van der Waals surface area contributed by atoms with Crippen molar-refractivity contribution in [3.63, 3.8) is 0 Å². The van der Waals surface area contributed by atoms with Gasteiger partial charge >= 0.3 is 0 Å². The Kier molecular flexibility index (Phi) is 2.39. The van der Waals surface area contributed by atoms with Crippen LogP contribution >= 0.6 is 0 Å². The van der Waals surface area contributed by atoms with Crippen LogP contribution in [0.15, 0.2) is 28.6 Å². The van der Waals surface area contributed by atoms with Crippen molar-refractivity contribution in [3.05, 3.63) is 34.1 Å². The van der Waals surface area contributed by atoms with Gasteiger partial charge in [-0.25, -0.2) is 9.40 Å². The van der Waals surface area contributed by atoms with E-state index in [1.807, 2.05) is 0 Å². The topological polar surface area (TPSA) is 74.3 Å². The second kappa shape index (κ2) is 3.72. The summed E-state index contributed by atoms with van der Waals surface area (Å²) < 4.78 is 13.1. The second-order valence-electron chi connectivity index (χ2n) is 3.30. The summed E-state index contributed by atoms with van der Waals surface area (Å²) in [4.78, 5) is 9.89. The van der Waals surface area contributed by atoms with Gasteiger partial charge in [0.25, 0.3) is 5.69 Å². The van der Waals surface area contributed by atoms with E-state index in [0.29, 0.717) is 12.4 Å². The van der Waals surface area contributed by atoms with Crippen LogP contribution in [0.1, 0.15) is 0 Å². The van der Waals surface area contributed by atoms with Crippen LogP contribution in [0, 0.1) is 15.9 Å². The molecule has 0 saturated carbocycles. The van der Waals surface area contributed by atoms with Crippen molar-refractivity contribution in [2.24, 2.45) is 10.4 Å². The fourth-order valence-electron chi connectivity index (χ4n) is 1.31. The summed E-state index contributed by atoms with van der Waals surface area (Å²) in [6.07, 6.45) is 0. The molecule has 1 aliphatic rings. The molecule has 0 amide bonds. The molecular formula is C8H8FN5O2. The van der Waals surface area contributed by atoms with E-state index in [4.69, 9.17) is 0 Å². The third-order valence-electron chi connectivity index (χ3n) is 2.02. The number of nitro benzene ring substituents is 1. The highest BCUT2D eigenvalue weighted by Crippen LogP contribution is 2.25. The predicted octanol–water partition coefficient (Wildman–Crippen LogP) is 1.73. The standard InChI is InChI=1S/C8H8FN5O2/c1-12-5-13(11-10-12)7-2-6(9)3-8(4-7)14(15)16/h2-4H,5H2,1H3. The Bertz CT molecular complexity index is 464. The van der Waals surface area contributed by atoms with Crippen LogP contribution < -0.4 is 5.01 Å². The van der Waals surface area contributed by atoms with E-state index in [1.165, 1.54) is 22.2 Å². The molecule has 16 heavy (non-hydrogen) atoms. The highest BCUT2D eigenvalue weighted by molar-refractivity contribution is 5.53. The van der Waals surface area contributed by atoms with Crippen LogP contribution in [0.5, 0.6) is 0 Å². The number of anilines is 1. The zero-order valence-corrected chi connectivity index (χ0v) is 8.37. The van der Waals surface area contributed by atoms with Gasteiger partial charge in [0.2, 0.25) is 0 Å². The van der Waals surface area contributed by atoms with Crippen molar-refractivity contribution in [2.45, 2.75) is 0 Å². The number of halogens is 1. The first-order valence-corrected chi connectivity index (χ1v) is 4.41. The summed E-state index contributed by atoms with van der Waals surface area (Å²) in [5.74, 6) is -0.672. The van der Waals surface area contributed by atoms with E-state index < -0.39 is 10.7 Å². The molecule has 0 fully saturated rings. The maximum absolute atomic E-state index is 13.1. The third kappa shape index (κ3) is 1.90. The Labute approximate surface area is 89.9 Å². The smallest absolute Gasteiger partial charge is 0.258 e. The van der Waals surface area contributed by atoms with Crippen molar-refractivity contribution in [1.29, 1.82) is 0 Å². The average Bonchev–Trinajstić information content (AvgIpc) is 2.64. The molecule has 1 aromatic rings. The molecule has 1 heterocycles. The van der Waals surface area contributed by atoms with E-state index in [2.05, 4.69) is 10.4 Å². The first-order chi connectivity index (χ1) is 7.56. The monoisotopic (exact) mass is 225 g/mol. The Hall–Kier alpha value is -2.25. The van der Waals surface area contributed by atoms with Crippen molar-refractivity contribution >= 4 is 11.4 Å². The predicted molar refractivity (Wildman–Crippen MR) is 53.0 cm³/mol. The molecule has 8 heteroatoms. The van der Waals surface area contributed by atoms with Gasteiger partial charge in [0.15, 0.2) is 0 Å². The molecule has 0 aromatic heterocycles. The molecule has 0 atom stereocenters. The second-order valence-corrected chi connectivity index (χ2v) is 3.30. The van der Waals surface area contributed by atoms with Gasteiger partial charge in [-0.2, -0.15) is 0 Å². The summed E-state index contributed by atoms with van der Waals surface area (Å²) in [5.41, 5.74) is -0.000414. The molecule has 84 valence electrons. The molecule has 0 radical (unpaired) electrons. The van der Waals surface area contributed by atoms with Gasteiger partial charge in [-0.1, -0.05) is 5.22 Å². The van der Waals surface area contributed by atoms with Crippen molar-refractivity contribution < 1.29 is 9.31 Å². The Morgan fingerprint density at radius 3 is 2.75 bits per heavy atom. The number of rotatable bonds is 2. The fraction of sp³-hybridized carbons (Fsp3) is 0.250. The Morgan fingerprint density at radius 2 is 2.19 bits per heavy atom. The Morgan fingerprint density at radius 1 is 1.44 bits per heavy atom. The normalized spacial score (nSPS) is 14.6. The lowest BCUT2D eigenvalue weighted by Gasteiger charge is -2.12. The molecule has 1 aromatic carbocycles. The molecule has 0 unspecified atom stereocenters. The van der Waals surface area contributed by atoms with E-state index >= 15 is 0 Å². The average molecular weight is 225 g/mol. The maximum atomic E-state index is 13.1. The van der Waals surface area contributed by atoms with Gasteiger partial charge in [0, 0.05) is 13.1 Å². The minimum atomic E-state index is -0.672. The summed E-state index contributed by atoms with van der Waals surface area (Å²) in [6.45, 7) is 0.334. The third-order valence-corrected chi connectivity index (χ3v) is 2.02. The zero-order chi connectivity index (χ0) is 11.7. The SMILES string of the molecule is CN1CN(c2cc(F)cc([N+](=O)[O-])c2)N=N1. The van der Waals surface area contributed by atoms with Crippen LogP contribution in [0.25, 0.3) is 0 Å². The first-order valence-electron chi connectivity index (χ1n) is 4.41. The van der Waals surface area contributed by atoms with Gasteiger partial charge < -0.3 is 0 Å². The fourth-order valence-corrected chi connectivity index (χ4v) is 1.31. The molecule has 0 saturated heterocycles. The lowest BCUT2D eigenvalue weighted by atomic mass is 10.2. The lowest BCUT2D eigenvalue weighted by molar-refractivity contribution is -0.385. The molecule has 7 nitrogen and oxygen atoms in total. The van der Waals surface area contributed by atoms with E-state index in [-0.39, 0.29) is 5.69 Å². The number of hydrogen-bond donors (Lipinski definition) is 0. The largest absolute Gasteiger partial charge is 0.274 e.